The molecule has 8 atom stereocenters. The van der Waals surface area contributed by atoms with E-state index < -0.39 is 62.0 Å². The van der Waals surface area contributed by atoms with Gasteiger partial charge in [-0.3, -0.25) is 0 Å². The lowest BCUT2D eigenvalue weighted by Gasteiger charge is -2.22. The van der Waals surface area contributed by atoms with Crippen molar-refractivity contribution in [3.63, 3.8) is 0 Å². The Kier molecular flexibility index (Phi) is 17.4. The van der Waals surface area contributed by atoms with Gasteiger partial charge in [0.2, 0.25) is 0 Å². The largest absolute Gasteiger partial charge is 0.394 e. The highest BCUT2D eigenvalue weighted by Crippen LogP contribution is 2.03. The maximum absolute atomic E-state index is 9.90. The van der Waals surface area contributed by atoms with Crippen LogP contribution in [0.2, 0.25) is 0 Å². The molecule has 0 rings (SSSR count). The van der Waals surface area contributed by atoms with Gasteiger partial charge in [0.1, 0.15) is 48.8 Å². The molecule has 0 aliphatic heterocycles. The molecule has 25 heavy (non-hydrogen) atoms. The topological polar surface area (TPSA) is 271 Å². The molecule has 0 heterocycles. The number of aliphatic hydroxyl groups is 10. The summed E-state index contributed by atoms with van der Waals surface area (Å²) in [5.41, 5.74) is 0. The molecule has 152 valence electrons. The predicted molar refractivity (Wildman–Crippen MR) is 79.4 cm³/mol. The van der Waals surface area contributed by atoms with E-state index in [0.717, 1.165) is 0 Å². The van der Waals surface area contributed by atoms with E-state index in [1.54, 1.807) is 0 Å². The number of hydrogen-bond acceptors (Lipinski definition) is 13. The zero-order valence-corrected chi connectivity index (χ0v) is 13.2. The third kappa shape index (κ3) is 10.5. The summed E-state index contributed by atoms with van der Waals surface area (Å²) in [6, 6.07) is 0. The molecule has 0 saturated carbocycles. The minimum atomic E-state index is -1.79. The van der Waals surface area contributed by atoms with Crippen molar-refractivity contribution in [1.82, 2.24) is 6.15 Å². The number of rotatable bonds is 10. The van der Waals surface area contributed by atoms with Crippen LogP contribution >= 0.6 is 0 Å². The highest BCUT2D eigenvalue weighted by molar-refractivity contribution is 5.57. The van der Waals surface area contributed by atoms with Crippen LogP contribution in [0.15, 0.2) is 0 Å². The molecule has 8 unspecified atom stereocenters. The van der Waals surface area contributed by atoms with Gasteiger partial charge in [-0.05, 0) is 0 Å². The summed E-state index contributed by atoms with van der Waals surface area (Å²) < 4.78 is 0. The van der Waals surface area contributed by atoms with Crippen LogP contribution in [0.25, 0.3) is 0 Å². The van der Waals surface area contributed by atoms with Gasteiger partial charge in [-0.25, -0.2) is 0 Å². The van der Waals surface area contributed by atoms with Crippen molar-refractivity contribution in [1.29, 1.82) is 0 Å². The lowest BCUT2D eigenvalue weighted by atomic mass is 10.0. The summed E-state index contributed by atoms with van der Waals surface area (Å²) in [7, 11) is 0. The molecule has 0 amide bonds. The molecule has 0 bridgehead atoms. The van der Waals surface area contributed by atoms with Gasteiger partial charge in [0.25, 0.3) is 0 Å². The Balaban J connectivity index is -0.000000372. The highest BCUT2D eigenvalue weighted by atomic mass is 16.4. The number of hydrogen-bond donors (Lipinski definition) is 11. The molecule has 0 aliphatic carbocycles. The molecule has 0 aromatic carbocycles. The second-order valence-corrected chi connectivity index (χ2v) is 4.72. The maximum Gasteiger partial charge on any atom is 0.151 e. The van der Waals surface area contributed by atoms with E-state index in [-0.39, 0.29) is 18.7 Å². The Hall–Kier alpha value is -1.10. The second-order valence-electron chi connectivity index (χ2n) is 4.72. The van der Waals surface area contributed by atoms with Crippen molar-refractivity contribution >= 4 is 12.6 Å². The van der Waals surface area contributed by atoms with E-state index in [1.807, 2.05) is 0 Å². The third-order valence-electron chi connectivity index (χ3n) is 2.84. The van der Waals surface area contributed by atoms with Crippen LogP contribution in [0, 0.1) is 0 Å². The van der Waals surface area contributed by atoms with Crippen molar-refractivity contribution in [2.45, 2.75) is 48.8 Å². The van der Waals surface area contributed by atoms with Crippen LogP contribution in [-0.4, -0.2) is 126 Å². The monoisotopic (exact) mass is 377 g/mol. The van der Waals surface area contributed by atoms with E-state index >= 15 is 0 Å². The van der Waals surface area contributed by atoms with Crippen LogP contribution in [0.3, 0.4) is 0 Å². The van der Waals surface area contributed by atoms with Gasteiger partial charge in [-0.15, -0.1) is 0 Å². The van der Waals surface area contributed by atoms with Gasteiger partial charge in [-0.2, -0.15) is 0 Å². The first-order chi connectivity index (χ1) is 11.1. The fourth-order valence-corrected chi connectivity index (χ4v) is 1.24. The quantitative estimate of drug-likeness (QED) is 0.158. The lowest BCUT2D eigenvalue weighted by molar-refractivity contribution is -0.136. The Labute approximate surface area is 142 Å². The Morgan fingerprint density at radius 1 is 0.560 bits per heavy atom. The second kappa shape index (κ2) is 15.2. The van der Waals surface area contributed by atoms with Crippen LogP contribution in [-0.2, 0) is 9.59 Å². The number of aldehydes is 2. The van der Waals surface area contributed by atoms with Gasteiger partial charge >= 0.3 is 0 Å². The minimum Gasteiger partial charge on any atom is -0.394 e. The lowest BCUT2D eigenvalue weighted by Crippen LogP contribution is -2.46. The molecule has 0 aromatic rings. The number of carbonyl (C=O) groups excluding carboxylic acids is 2. The number of aliphatic hydroxyl groups excluding tert-OH is 10. The summed E-state index contributed by atoms with van der Waals surface area (Å²) in [6.07, 6.45) is -13.7. The Bertz CT molecular complexity index is 314. The molecule has 13 nitrogen and oxygen atoms in total. The fraction of sp³-hybridized carbons (Fsp3) is 0.833. The summed E-state index contributed by atoms with van der Waals surface area (Å²) >= 11 is 0. The maximum atomic E-state index is 9.90. The molecule has 0 fully saturated rings. The average Bonchev–Trinajstić information content (AvgIpc) is 2.62. The molecule has 13 heteroatoms. The molecule has 0 saturated heterocycles. The average molecular weight is 377 g/mol. The number of carbonyl (C=O) groups is 2. The van der Waals surface area contributed by atoms with Crippen LogP contribution in [0.5, 0.6) is 0 Å². The van der Waals surface area contributed by atoms with Gasteiger partial charge in [-0.1, -0.05) is 0 Å². The van der Waals surface area contributed by atoms with Gasteiger partial charge in [0.15, 0.2) is 12.6 Å². The first-order valence-corrected chi connectivity index (χ1v) is 6.65. The molecule has 0 spiro atoms. The van der Waals surface area contributed by atoms with Crippen molar-refractivity contribution in [3.05, 3.63) is 0 Å². The minimum absolute atomic E-state index is 0. The SMILES string of the molecule is N.O=CC(O)C(O)C(O)C(O)CO.O=CC(O)C(O)C(O)C(O)CO. The molecular weight excluding hydrogens is 350 g/mol. The normalized spacial score (nSPS) is 20.2. The highest BCUT2D eigenvalue weighted by Gasteiger charge is 2.30. The summed E-state index contributed by atoms with van der Waals surface area (Å²) in [4.78, 5) is 19.8. The Morgan fingerprint density at radius 2 is 0.800 bits per heavy atom. The first kappa shape index (κ1) is 28.7. The van der Waals surface area contributed by atoms with E-state index in [1.165, 1.54) is 0 Å². The third-order valence-corrected chi connectivity index (χ3v) is 2.84. The zero-order valence-electron chi connectivity index (χ0n) is 13.2. The summed E-state index contributed by atoms with van der Waals surface area (Å²) in [6.45, 7) is -1.52. The van der Waals surface area contributed by atoms with E-state index in [4.69, 9.17) is 51.1 Å². The molecular formula is C12H27NO12. The molecule has 13 N–H and O–H groups in total. The van der Waals surface area contributed by atoms with Gasteiger partial charge < -0.3 is 66.8 Å². The zero-order chi connectivity index (χ0) is 19.4. The van der Waals surface area contributed by atoms with Gasteiger partial charge in [0.05, 0.1) is 13.2 Å². The van der Waals surface area contributed by atoms with E-state index in [0.29, 0.717) is 0 Å². The predicted octanol–water partition coefficient (Wildman–Crippen LogP) is -6.60. The summed E-state index contributed by atoms with van der Waals surface area (Å²) in [5.74, 6) is 0. The standard InChI is InChI=1S/2C6H12O6.H3N/c2*7-1-3(9)5(11)6(12)4(10)2-8;/h2*1,3-6,8-12H,2H2;1H3. The molecule has 0 radical (unpaired) electrons. The van der Waals surface area contributed by atoms with Crippen LogP contribution in [0.4, 0.5) is 0 Å². The van der Waals surface area contributed by atoms with Crippen molar-refractivity contribution < 1.29 is 60.7 Å². The van der Waals surface area contributed by atoms with Crippen molar-refractivity contribution in [3.8, 4) is 0 Å². The van der Waals surface area contributed by atoms with Crippen molar-refractivity contribution in [2.24, 2.45) is 0 Å². The van der Waals surface area contributed by atoms with Crippen LogP contribution in [0.1, 0.15) is 0 Å². The van der Waals surface area contributed by atoms with Crippen LogP contribution < -0.4 is 6.15 Å². The fourth-order valence-electron chi connectivity index (χ4n) is 1.24. The smallest absolute Gasteiger partial charge is 0.151 e. The van der Waals surface area contributed by atoms with E-state index in [9.17, 15) is 9.59 Å². The Morgan fingerprint density at radius 3 is 0.960 bits per heavy atom. The molecule has 0 aromatic heterocycles. The van der Waals surface area contributed by atoms with Gasteiger partial charge in [0, 0.05) is 0 Å². The first-order valence-electron chi connectivity index (χ1n) is 6.65. The van der Waals surface area contributed by atoms with E-state index in [2.05, 4.69) is 0 Å². The molecule has 0 aliphatic rings. The van der Waals surface area contributed by atoms with Crippen molar-refractivity contribution in [2.75, 3.05) is 13.2 Å². The summed E-state index contributed by atoms with van der Waals surface area (Å²) in [5, 5.41) is 87.1.